The Morgan fingerprint density at radius 1 is 1.00 bits per heavy atom. The van der Waals surface area contributed by atoms with Gasteiger partial charge in [0.2, 0.25) is 9.84 Å². The molecular weight excluding hydrogens is 471 g/mol. The molecule has 0 radical (unpaired) electrons. The number of hydrogen-bond acceptors (Lipinski definition) is 6. The second kappa shape index (κ2) is 9.47. The van der Waals surface area contributed by atoms with Crippen LogP contribution in [0.25, 0.3) is 10.9 Å². The molecule has 1 fully saturated rings. The van der Waals surface area contributed by atoms with Gasteiger partial charge in [-0.3, -0.25) is 9.89 Å². The number of nitrogens with zero attached hydrogens (tertiary/aromatic N) is 1. The van der Waals surface area contributed by atoms with Gasteiger partial charge in [0.15, 0.2) is 5.82 Å². The molecular formula is C25H23FN4O4S. The maximum absolute atomic E-state index is 13.6. The van der Waals surface area contributed by atoms with Gasteiger partial charge in [0.25, 0.3) is 5.91 Å². The van der Waals surface area contributed by atoms with Crippen LogP contribution in [0, 0.1) is 5.82 Å². The Bertz CT molecular complexity index is 1500. The van der Waals surface area contributed by atoms with E-state index in [1.165, 1.54) is 30.3 Å². The highest BCUT2D eigenvalue weighted by Crippen LogP contribution is 2.29. The summed E-state index contributed by atoms with van der Waals surface area (Å²) in [5.41, 5.74) is 1.69. The Labute approximate surface area is 201 Å². The SMILES string of the molecule is O=C(Nc1n[nH]c2ccc(S(=O)(=O)c3cccc(F)c3)cc12)c1ccccc1NC1CCOCC1. The molecule has 0 unspecified atom stereocenters. The number of rotatable bonds is 6. The number of halogens is 1. The number of aromatic amines is 1. The van der Waals surface area contributed by atoms with E-state index in [1.807, 2.05) is 12.1 Å². The van der Waals surface area contributed by atoms with Crippen LogP contribution in [-0.4, -0.2) is 43.8 Å². The average molecular weight is 495 g/mol. The van der Waals surface area contributed by atoms with Crippen LogP contribution in [0.5, 0.6) is 0 Å². The van der Waals surface area contributed by atoms with Crippen LogP contribution in [0.15, 0.2) is 76.5 Å². The van der Waals surface area contributed by atoms with E-state index < -0.39 is 15.7 Å². The number of carbonyl (C=O) groups excluding carboxylic acids is 1. The third kappa shape index (κ3) is 4.75. The van der Waals surface area contributed by atoms with Gasteiger partial charge in [-0.2, -0.15) is 5.10 Å². The molecule has 180 valence electrons. The molecule has 3 N–H and O–H groups in total. The first-order chi connectivity index (χ1) is 16.9. The molecule has 1 amide bonds. The lowest BCUT2D eigenvalue weighted by atomic mass is 10.1. The number of para-hydroxylation sites is 1. The Kier molecular flexibility index (Phi) is 6.23. The number of sulfone groups is 1. The van der Waals surface area contributed by atoms with Gasteiger partial charge in [0, 0.05) is 30.3 Å². The standard InChI is InChI=1S/C25H23FN4O4S/c26-16-4-3-5-18(14-16)35(32,33)19-8-9-23-21(15-19)24(30-29-23)28-25(31)20-6-1-2-7-22(20)27-17-10-12-34-13-11-17/h1-9,14-15,17,27H,10-13H2,(H2,28,29,30,31). The number of hydrogen-bond donors (Lipinski definition) is 3. The molecule has 35 heavy (non-hydrogen) atoms. The monoisotopic (exact) mass is 494 g/mol. The molecule has 0 atom stereocenters. The summed E-state index contributed by atoms with van der Waals surface area (Å²) in [7, 11) is -3.97. The Morgan fingerprint density at radius 3 is 2.57 bits per heavy atom. The number of fused-ring (bicyclic) bond motifs is 1. The smallest absolute Gasteiger partial charge is 0.258 e. The number of aromatic nitrogens is 2. The maximum Gasteiger partial charge on any atom is 0.258 e. The van der Waals surface area contributed by atoms with Crippen LogP contribution in [0.3, 0.4) is 0 Å². The molecule has 1 saturated heterocycles. The van der Waals surface area contributed by atoms with E-state index >= 15 is 0 Å². The highest BCUT2D eigenvalue weighted by Gasteiger charge is 2.22. The minimum Gasteiger partial charge on any atom is -0.381 e. The number of anilines is 2. The summed E-state index contributed by atoms with van der Waals surface area (Å²) in [6.07, 6.45) is 1.70. The van der Waals surface area contributed by atoms with Crippen molar-refractivity contribution in [2.45, 2.75) is 28.7 Å². The number of amides is 1. The van der Waals surface area contributed by atoms with E-state index in [1.54, 1.807) is 18.2 Å². The number of H-pyrrole nitrogens is 1. The van der Waals surface area contributed by atoms with Crippen molar-refractivity contribution in [3.8, 4) is 0 Å². The Morgan fingerprint density at radius 2 is 1.77 bits per heavy atom. The van der Waals surface area contributed by atoms with Gasteiger partial charge < -0.3 is 15.4 Å². The number of benzene rings is 3. The van der Waals surface area contributed by atoms with Gasteiger partial charge in [-0.1, -0.05) is 18.2 Å². The predicted octanol–water partition coefficient (Wildman–Crippen LogP) is 4.38. The third-order valence-corrected chi connectivity index (χ3v) is 7.68. The van der Waals surface area contributed by atoms with Crippen molar-refractivity contribution in [3.63, 3.8) is 0 Å². The number of carbonyl (C=O) groups is 1. The molecule has 0 aliphatic carbocycles. The Balaban J connectivity index is 1.43. The van der Waals surface area contributed by atoms with Crippen LogP contribution in [-0.2, 0) is 14.6 Å². The topological polar surface area (TPSA) is 113 Å². The minimum atomic E-state index is -3.97. The quantitative estimate of drug-likeness (QED) is 0.367. The van der Waals surface area contributed by atoms with Gasteiger partial charge >= 0.3 is 0 Å². The van der Waals surface area contributed by atoms with Crippen molar-refractivity contribution in [3.05, 3.63) is 78.1 Å². The molecule has 0 bridgehead atoms. The summed E-state index contributed by atoms with van der Waals surface area (Å²) >= 11 is 0. The fourth-order valence-corrected chi connectivity index (χ4v) is 5.39. The van der Waals surface area contributed by atoms with Gasteiger partial charge in [-0.05, 0) is 61.4 Å². The van der Waals surface area contributed by atoms with Crippen LogP contribution in [0.1, 0.15) is 23.2 Å². The zero-order valence-corrected chi connectivity index (χ0v) is 19.4. The van der Waals surface area contributed by atoms with Crippen molar-refractivity contribution >= 4 is 38.2 Å². The second-order valence-corrected chi connectivity index (χ2v) is 10.2. The van der Waals surface area contributed by atoms with E-state index in [0.717, 1.165) is 18.9 Å². The highest BCUT2D eigenvalue weighted by molar-refractivity contribution is 7.91. The first-order valence-corrected chi connectivity index (χ1v) is 12.6. The zero-order valence-electron chi connectivity index (χ0n) is 18.6. The second-order valence-electron chi connectivity index (χ2n) is 8.27. The van der Waals surface area contributed by atoms with Crippen molar-refractivity contribution in [1.29, 1.82) is 0 Å². The summed E-state index contributed by atoms with van der Waals surface area (Å²) in [6.45, 7) is 1.35. The largest absolute Gasteiger partial charge is 0.381 e. The first-order valence-electron chi connectivity index (χ1n) is 11.2. The summed E-state index contributed by atoms with van der Waals surface area (Å²) in [5.74, 6) is -0.828. The van der Waals surface area contributed by atoms with Crippen molar-refractivity contribution in [2.24, 2.45) is 0 Å². The lowest BCUT2D eigenvalue weighted by molar-refractivity contribution is 0.0904. The molecule has 0 spiro atoms. The van der Waals surface area contributed by atoms with E-state index in [-0.39, 0.29) is 27.6 Å². The molecule has 8 nitrogen and oxygen atoms in total. The molecule has 1 aromatic heterocycles. The molecule has 0 saturated carbocycles. The highest BCUT2D eigenvalue weighted by atomic mass is 32.2. The maximum atomic E-state index is 13.6. The van der Waals surface area contributed by atoms with Gasteiger partial charge in [-0.25, -0.2) is 12.8 Å². The van der Waals surface area contributed by atoms with Gasteiger partial charge in [-0.15, -0.1) is 0 Å². The van der Waals surface area contributed by atoms with Gasteiger partial charge in [0.05, 0.1) is 20.9 Å². The fourth-order valence-electron chi connectivity index (χ4n) is 4.07. The van der Waals surface area contributed by atoms with Gasteiger partial charge in [0.1, 0.15) is 5.82 Å². The average Bonchev–Trinajstić information content (AvgIpc) is 3.27. The number of ether oxygens (including phenoxy) is 1. The molecule has 1 aliphatic heterocycles. The van der Waals surface area contributed by atoms with Crippen LogP contribution < -0.4 is 10.6 Å². The minimum absolute atomic E-state index is 0.0333. The zero-order chi connectivity index (χ0) is 24.4. The van der Waals surface area contributed by atoms with Crippen molar-refractivity contribution in [1.82, 2.24) is 10.2 Å². The summed E-state index contributed by atoms with van der Waals surface area (Å²) in [4.78, 5) is 13.0. The lowest BCUT2D eigenvalue weighted by Gasteiger charge is -2.25. The lowest BCUT2D eigenvalue weighted by Crippen LogP contribution is -2.29. The Hall–Kier alpha value is -3.76. The molecule has 10 heteroatoms. The van der Waals surface area contributed by atoms with E-state index in [2.05, 4.69) is 20.8 Å². The normalized spacial score (nSPS) is 14.7. The predicted molar refractivity (Wildman–Crippen MR) is 130 cm³/mol. The van der Waals surface area contributed by atoms with Crippen molar-refractivity contribution < 1.29 is 22.3 Å². The number of nitrogens with one attached hydrogen (secondary N) is 3. The van der Waals surface area contributed by atoms with E-state index in [4.69, 9.17) is 4.74 Å². The van der Waals surface area contributed by atoms with Crippen LogP contribution >= 0.6 is 0 Å². The van der Waals surface area contributed by atoms with E-state index in [0.29, 0.717) is 35.4 Å². The molecule has 2 heterocycles. The fraction of sp³-hybridized carbons (Fsp3) is 0.200. The van der Waals surface area contributed by atoms with E-state index in [9.17, 15) is 17.6 Å². The first kappa shape index (κ1) is 23.0. The molecule has 3 aromatic carbocycles. The summed E-state index contributed by atoms with van der Waals surface area (Å²) in [6, 6.07) is 16.6. The molecule has 4 aromatic rings. The molecule has 5 rings (SSSR count). The van der Waals surface area contributed by atoms with Crippen LogP contribution in [0.2, 0.25) is 0 Å². The summed E-state index contributed by atoms with van der Waals surface area (Å²) in [5, 5.41) is 13.6. The molecule has 1 aliphatic rings. The third-order valence-electron chi connectivity index (χ3n) is 5.94. The summed E-state index contributed by atoms with van der Waals surface area (Å²) < 4.78 is 45.1. The van der Waals surface area contributed by atoms with Crippen LogP contribution in [0.4, 0.5) is 15.9 Å². The van der Waals surface area contributed by atoms with Crippen molar-refractivity contribution in [2.75, 3.05) is 23.8 Å².